The average molecular weight is 421 g/mol. The first kappa shape index (κ1) is 22.3. The molecule has 1 heterocycles. The molecule has 0 bridgehead atoms. The summed E-state index contributed by atoms with van der Waals surface area (Å²) < 4.78 is 16.8. The molecule has 0 saturated heterocycles. The van der Waals surface area contributed by atoms with Crippen LogP contribution in [0.15, 0.2) is 12.3 Å². The Kier molecular flexibility index (Phi) is 7.53. The fraction of sp³-hybridized carbons (Fsp3) is 0.682. The number of nitrogens with one attached hydrogen (secondary N) is 1. The molecule has 8 heteroatoms. The first-order chi connectivity index (χ1) is 14.4. The molecule has 8 nitrogen and oxygen atoms in total. The lowest BCUT2D eigenvalue weighted by Gasteiger charge is -2.30. The van der Waals surface area contributed by atoms with Gasteiger partial charge in [0.1, 0.15) is 12.1 Å². The minimum absolute atomic E-state index is 0.121. The molecule has 0 aromatic carbocycles. The van der Waals surface area contributed by atoms with Gasteiger partial charge in [-0.1, -0.05) is 12.8 Å². The van der Waals surface area contributed by atoms with Crippen molar-refractivity contribution in [1.82, 2.24) is 10.3 Å². The predicted octanol–water partition coefficient (Wildman–Crippen LogP) is 2.83. The fourth-order valence-corrected chi connectivity index (χ4v) is 3.92. The van der Waals surface area contributed by atoms with Crippen LogP contribution >= 0.6 is 0 Å². The minimum atomic E-state index is -0.903. The first-order valence-corrected chi connectivity index (χ1v) is 10.8. The van der Waals surface area contributed by atoms with Crippen LogP contribution in [0.25, 0.3) is 0 Å². The van der Waals surface area contributed by atoms with Crippen LogP contribution in [-0.4, -0.2) is 53.9 Å². The van der Waals surface area contributed by atoms with Gasteiger partial charge in [0, 0.05) is 18.9 Å². The van der Waals surface area contributed by atoms with Gasteiger partial charge in [0.25, 0.3) is 5.91 Å². The first-order valence-electron chi connectivity index (χ1n) is 10.8. The number of aromatic nitrogens is 1. The van der Waals surface area contributed by atoms with Gasteiger partial charge in [0.15, 0.2) is 17.2 Å². The summed E-state index contributed by atoms with van der Waals surface area (Å²) in [6.45, 7) is 4.12. The molecule has 0 aliphatic heterocycles. The number of carbonyl (C=O) groups is 2. The molecule has 0 spiro atoms. The highest BCUT2D eigenvalue weighted by atomic mass is 16.6. The van der Waals surface area contributed by atoms with Crippen molar-refractivity contribution in [2.75, 3.05) is 13.7 Å². The zero-order valence-electron chi connectivity index (χ0n) is 17.9. The van der Waals surface area contributed by atoms with E-state index < -0.39 is 24.0 Å². The Balaban J connectivity index is 1.57. The maximum atomic E-state index is 12.6. The number of hydrogen-bond acceptors (Lipinski definition) is 7. The third-order valence-electron chi connectivity index (χ3n) is 5.87. The van der Waals surface area contributed by atoms with E-state index in [1.165, 1.54) is 45.1 Å². The topological polar surface area (TPSA) is 107 Å². The maximum absolute atomic E-state index is 12.6. The molecule has 1 aromatic rings. The monoisotopic (exact) mass is 420 g/mol. The highest BCUT2D eigenvalue weighted by Crippen LogP contribution is 2.35. The molecule has 1 unspecified atom stereocenters. The molecular formula is C22H32N2O6. The van der Waals surface area contributed by atoms with E-state index in [2.05, 4.69) is 10.3 Å². The van der Waals surface area contributed by atoms with Crippen LogP contribution in [-0.2, 0) is 14.3 Å². The molecule has 3 atom stereocenters. The van der Waals surface area contributed by atoms with Gasteiger partial charge in [-0.05, 0) is 51.4 Å². The average Bonchev–Trinajstić information content (AvgIpc) is 3.39. The van der Waals surface area contributed by atoms with Gasteiger partial charge in [-0.2, -0.15) is 0 Å². The number of rotatable bonds is 10. The Labute approximate surface area is 177 Å². The summed E-state index contributed by atoms with van der Waals surface area (Å²) in [6, 6.07) is 0.538. The molecule has 30 heavy (non-hydrogen) atoms. The molecule has 2 fully saturated rings. The highest BCUT2D eigenvalue weighted by Gasteiger charge is 2.35. The van der Waals surface area contributed by atoms with Crippen molar-refractivity contribution in [3.8, 4) is 11.5 Å². The molecule has 2 N–H and O–H groups in total. The van der Waals surface area contributed by atoms with Crippen molar-refractivity contribution in [1.29, 1.82) is 0 Å². The number of hydrogen-bond donors (Lipinski definition) is 2. The van der Waals surface area contributed by atoms with E-state index in [0.29, 0.717) is 11.8 Å². The lowest BCUT2D eigenvalue weighted by atomic mass is 9.96. The third-order valence-corrected chi connectivity index (χ3v) is 5.87. The van der Waals surface area contributed by atoms with Gasteiger partial charge in [-0.25, -0.2) is 9.78 Å². The van der Waals surface area contributed by atoms with Crippen molar-refractivity contribution >= 4 is 11.9 Å². The summed E-state index contributed by atoms with van der Waals surface area (Å²) in [5.41, 5.74) is -0.210. The fourth-order valence-electron chi connectivity index (χ4n) is 3.92. The summed E-state index contributed by atoms with van der Waals surface area (Å²) in [6.07, 6.45) is 7.78. The molecule has 2 saturated carbocycles. The van der Waals surface area contributed by atoms with Crippen molar-refractivity contribution in [2.24, 2.45) is 11.8 Å². The Bertz CT molecular complexity index is 745. The third kappa shape index (κ3) is 5.62. The molecule has 1 amide bonds. The number of ether oxygens (including phenoxy) is 3. The molecule has 1 aromatic heterocycles. The van der Waals surface area contributed by atoms with Gasteiger partial charge in [0.05, 0.1) is 13.2 Å². The van der Waals surface area contributed by atoms with Crippen LogP contribution in [0.3, 0.4) is 0 Å². The van der Waals surface area contributed by atoms with Crippen LogP contribution in [0, 0.1) is 11.8 Å². The summed E-state index contributed by atoms with van der Waals surface area (Å²) in [5, 5.41) is 12.6. The van der Waals surface area contributed by atoms with Crippen molar-refractivity contribution < 1.29 is 28.9 Å². The largest absolute Gasteiger partial charge is 0.503 e. The lowest BCUT2D eigenvalue weighted by Crippen LogP contribution is -2.44. The summed E-state index contributed by atoms with van der Waals surface area (Å²) >= 11 is 0. The van der Waals surface area contributed by atoms with E-state index >= 15 is 0 Å². The standard InChI is InChI=1S/C22H32N2O6/c1-13(24-21(26)18-19(25)17(28-3)10-11-23-18)22(27)30-14(2)20(16-6-4-5-7-16)29-12-15-8-9-15/h10-11,13-16,20,25H,4-9,12H2,1-3H3,(H,24,26)/t13-,14?,20-/m0/s1. The van der Waals surface area contributed by atoms with Gasteiger partial charge in [-0.15, -0.1) is 0 Å². The van der Waals surface area contributed by atoms with E-state index in [-0.39, 0.29) is 23.3 Å². The Morgan fingerprint density at radius 3 is 2.57 bits per heavy atom. The number of esters is 1. The van der Waals surface area contributed by atoms with Crippen LogP contribution < -0.4 is 10.1 Å². The number of nitrogens with zero attached hydrogens (tertiary/aromatic N) is 1. The van der Waals surface area contributed by atoms with E-state index in [9.17, 15) is 14.7 Å². The number of aromatic hydroxyl groups is 1. The summed E-state index contributed by atoms with van der Waals surface area (Å²) in [7, 11) is 1.38. The predicted molar refractivity (Wildman–Crippen MR) is 109 cm³/mol. The van der Waals surface area contributed by atoms with Crippen LogP contribution in [0.2, 0.25) is 0 Å². The highest BCUT2D eigenvalue weighted by molar-refractivity contribution is 5.97. The molecule has 0 radical (unpaired) electrons. The van der Waals surface area contributed by atoms with Crippen molar-refractivity contribution in [3.63, 3.8) is 0 Å². The molecule has 2 aliphatic carbocycles. The molecular weight excluding hydrogens is 388 g/mol. The number of methoxy groups -OCH3 is 1. The quantitative estimate of drug-likeness (QED) is 0.561. The normalized spacial score (nSPS) is 19.7. The Morgan fingerprint density at radius 1 is 1.23 bits per heavy atom. The maximum Gasteiger partial charge on any atom is 0.328 e. The van der Waals surface area contributed by atoms with Gasteiger partial charge in [-0.3, -0.25) is 4.79 Å². The van der Waals surface area contributed by atoms with E-state index in [0.717, 1.165) is 19.4 Å². The van der Waals surface area contributed by atoms with Crippen LogP contribution in [0.4, 0.5) is 0 Å². The SMILES string of the molecule is COc1ccnc(C(=O)N[C@@H](C)C(=O)OC(C)[C@H](OCC2CC2)C2CCCC2)c1O. The van der Waals surface area contributed by atoms with E-state index in [1.807, 2.05) is 6.92 Å². The smallest absolute Gasteiger partial charge is 0.328 e. The van der Waals surface area contributed by atoms with E-state index in [4.69, 9.17) is 14.2 Å². The second-order valence-electron chi connectivity index (χ2n) is 8.33. The van der Waals surface area contributed by atoms with Gasteiger partial charge >= 0.3 is 5.97 Å². The zero-order chi connectivity index (χ0) is 21.7. The van der Waals surface area contributed by atoms with Crippen molar-refractivity contribution in [3.05, 3.63) is 18.0 Å². The summed E-state index contributed by atoms with van der Waals surface area (Å²) in [4.78, 5) is 28.9. The number of carbonyl (C=O) groups excluding carboxylic acids is 2. The summed E-state index contributed by atoms with van der Waals surface area (Å²) in [5.74, 6) is -0.433. The van der Waals surface area contributed by atoms with E-state index in [1.54, 1.807) is 6.92 Å². The Hall–Kier alpha value is -2.35. The van der Waals surface area contributed by atoms with Gasteiger partial charge in [0.2, 0.25) is 0 Å². The number of amides is 1. The van der Waals surface area contributed by atoms with Crippen LogP contribution in [0.5, 0.6) is 11.5 Å². The minimum Gasteiger partial charge on any atom is -0.503 e. The second kappa shape index (κ2) is 10.1. The molecule has 3 rings (SSSR count). The second-order valence-corrected chi connectivity index (χ2v) is 8.33. The lowest BCUT2D eigenvalue weighted by molar-refractivity contribution is -0.161. The van der Waals surface area contributed by atoms with Crippen LogP contribution in [0.1, 0.15) is 62.9 Å². The molecule has 2 aliphatic rings. The number of pyridine rings is 1. The zero-order valence-corrected chi connectivity index (χ0v) is 17.9. The molecule has 166 valence electrons. The Morgan fingerprint density at radius 2 is 1.93 bits per heavy atom. The van der Waals surface area contributed by atoms with Crippen molar-refractivity contribution in [2.45, 2.75) is 70.6 Å². The van der Waals surface area contributed by atoms with Gasteiger partial charge < -0.3 is 24.6 Å².